The Morgan fingerprint density at radius 2 is 1.93 bits per heavy atom. The summed E-state index contributed by atoms with van der Waals surface area (Å²) in [5, 5.41) is 0. The summed E-state index contributed by atoms with van der Waals surface area (Å²) in [4.78, 5) is 0. The van der Waals surface area contributed by atoms with E-state index in [0.717, 1.165) is 0 Å². The average molecular weight is 217 g/mol. The van der Waals surface area contributed by atoms with Gasteiger partial charge in [0.2, 0.25) is 6.43 Å². The quantitative estimate of drug-likeness (QED) is 0.824. The summed E-state index contributed by atoms with van der Waals surface area (Å²) in [6.07, 6.45) is -2.60. The van der Waals surface area contributed by atoms with E-state index in [-0.39, 0.29) is 18.5 Å². The molecule has 0 aliphatic carbocycles. The molecular weight excluding hydrogens is 203 g/mol. The van der Waals surface area contributed by atoms with Crippen LogP contribution in [0, 0.1) is 11.2 Å². The summed E-state index contributed by atoms with van der Waals surface area (Å²) in [6.45, 7) is 1.20. The first-order chi connectivity index (χ1) is 6.99. The van der Waals surface area contributed by atoms with Gasteiger partial charge in [0.25, 0.3) is 0 Å². The Balaban J connectivity index is 2.89. The molecule has 1 aromatic carbocycles. The van der Waals surface area contributed by atoms with Crippen LogP contribution in [0.25, 0.3) is 0 Å². The van der Waals surface area contributed by atoms with Crippen molar-refractivity contribution >= 4 is 0 Å². The highest BCUT2D eigenvalue weighted by atomic mass is 19.3. The minimum atomic E-state index is -2.55. The molecule has 0 saturated heterocycles. The summed E-state index contributed by atoms with van der Waals surface area (Å²) in [7, 11) is 0. The van der Waals surface area contributed by atoms with Crippen LogP contribution in [0.3, 0.4) is 0 Å². The molecule has 1 atom stereocenters. The van der Waals surface area contributed by atoms with Crippen molar-refractivity contribution in [3.63, 3.8) is 0 Å². The molecule has 0 spiro atoms. The van der Waals surface area contributed by atoms with Gasteiger partial charge in [-0.1, -0.05) is 25.1 Å². The molecule has 0 radical (unpaired) electrons. The molecule has 1 unspecified atom stereocenters. The zero-order valence-corrected chi connectivity index (χ0v) is 8.51. The highest BCUT2D eigenvalue weighted by Gasteiger charge is 2.34. The summed E-state index contributed by atoms with van der Waals surface area (Å²) < 4.78 is 38.6. The van der Waals surface area contributed by atoms with Crippen molar-refractivity contribution in [1.29, 1.82) is 0 Å². The Bertz CT molecular complexity index is 327. The number of alkyl halides is 2. The maximum atomic E-state index is 13.2. The zero-order valence-electron chi connectivity index (χ0n) is 8.51. The van der Waals surface area contributed by atoms with Crippen molar-refractivity contribution < 1.29 is 13.2 Å². The van der Waals surface area contributed by atoms with Crippen molar-refractivity contribution in [2.45, 2.75) is 19.8 Å². The van der Waals surface area contributed by atoms with Gasteiger partial charge in [-0.05, 0) is 18.1 Å². The Morgan fingerprint density at radius 3 is 2.40 bits per heavy atom. The molecular formula is C11H14F3N. The van der Waals surface area contributed by atoms with Crippen LogP contribution >= 0.6 is 0 Å². The second-order valence-corrected chi connectivity index (χ2v) is 3.93. The Labute approximate surface area is 87.1 Å². The van der Waals surface area contributed by atoms with Crippen LogP contribution in [-0.4, -0.2) is 13.0 Å². The van der Waals surface area contributed by atoms with Crippen molar-refractivity contribution in [3.8, 4) is 0 Å². The maximum Gasteiger partial charge on any atom is 0.245 e. The lowest BCUT2D eigenvalue weighted by Crippen LogP contribution is -2.36. The van der Waals surface area contributed by atoms with E-state index in [4.69, 9.17) is 5.73 Å². The molecule has 15 heavy (non-hydrogen) atoms. The fraction of sp³-hybridized carbons (Fsp3) is 0.455. The van der Waals surface area contributed by atoms with E-state index in [0.29, 0.717) is 0 Å². The molecule has 0 aliphatic heterocycles. The molecule has 0 amide bonds. The highest BCUT2D eigenvalue weighted by Crippen LogP contribution is 2.29. The number of nitrogens with two attached hydrogens (primary N) is 1. The van der Waals surface area contributed by atoms with Gasteiger partial charge in [-0.3, -0.25) is 0 Å². The third-order valence-electron chi connectivity index (χ3n) is 2.55. The molecule has 0 fully saturated rings. The largest absolute Gasteiger partial charge is 0.330 e. The molecule has 0 saturated carbocycles. The normalized spacial score (nSPS) is 15.3. The van der Waals surface area contributed by atoms with Gasteiger partial charge in [-0.25, -0.2) is 13.2 Å². The van der Waals surface area contributed by atoms with E-state index < -0.39 is 17.7 Å². The maximum absolute atomic E-state index is 13.2. The van der Waals surface area contributed by atoms with Crippen molar-refractivity contribution in [1.82, 2.24) is 0 Å². The van der Waals surface area contributed by atoms with Gasteiger partial charge in [-0.15, -0.1) is 0 Å². The van der Waals surface area contributed by atoms with E-state index in [1.54, 1.807) is 6.07 Å². The first kappa shape index (κ1) is 12.0. The van der Waals surface area contributed by atoms with E-state index >= 15 is 0 Å². The lowest BCUT2D eigenvalue weighted by atomic mass is 9.84. The van der Waals surface area contributed by atoms with E-state index in [9.17, 15) is 13.2 Å². The molecule has 0 aromatic heterocycles. The molecule has 1 rings (SSSR count). The summed E-state index contributed by atoms with van der Waals surface area (Å²) in [5.41, 5.74) is 4.23. The van der Waals surface area contributed by atoms with Crippen molar-refractivity contribution in [2.24, 2.45) is 11.1 Å². The molecule has 0 bridgehead atoms. The number of benzene rings is 1. The Hall–Kier alpha value is -1.03. The zero-order chi connectivity index (χ0) is 11.5. The number of rotatable bonds is 4. The SMILES string of the molecule is CC(CN)(Cc1ccccc1F)C(F)F. The van der Waals surface area contributed by atoms with E-state index in [2.05, 4.69) is 0 Å². The second kappa shape index (κ2) is 4.66. The summed E-state index contributed by atoms with van der Waals surface area (Å²) in [5.74, 6) is -0.460. The minimum Gasteiger partial charge on any atom is -0.330 e. The Morgan fingerprint density at radius 1 is 1.33 bits per heavy atom. The molecule has 0 heterocycles. The highest BCUT2D eigenvalue weighted by molar-refractivity contribution is 5.19. The van der Waals surface area contributed by atoms with Crippen LogP contribution < -0.4 is 5.73 Å². The predicted molar refractivity (Wildman–Crippen MR) is 53.3 cm³/mol. The molecule has 0 aliphatic rings. The van der Waals surface area contributed by atoms with E-state index in [1.807, 2.05) is 0 Å². The van der Waals surface area contributed by atoms with Gasteiger partial charge < -0.3 is 5.73 Å². The Kier molecular flexibility index (Phi) is 3.74. The fourth-order valence-electron chi connectivity index (χ4n) is 1.32. The van der Waals surface area contributed by atoms with Crippen LogP contribution in [0.1, 0.15) is 12.5 Å². The predicted octanol–water partition coefficient (Wildman–Crippen LogP) is 2.60. The molecule has 1 nitrogen and oxygen atoms in total. The lowest BCUT2D eigenvalue weighted by molar-refractivity contribution is 0.0128. The van der Waals surface area contributed by atoms with E-state index in [1.165, 1.54) is 25.1 Å². The van der Waals surface area contributed by atoms with Crippen molar-refractivity contribution in [2.75, 3.05) is 6.54 Å². The van der Waals surface area contributed by atoms with Crippen molar-refractivity contribution in [3.05, 3.63) is 35.6 Å². The van der Waals surface area contributed by atoms with Crippen LogP contribution in [0.5, 0.6) is 0 Å². The molecule has 4 heteroatoms. The number of hydrogen-bond acceptors (Lipinski definition) is 1. The smallest absolute Gasteiger partial charge is 0.245 e. The van der Waals surface area contributed by atoms with Gasteiger partial charge in [0, 0.05) is 12.0 Å². The summed E-state index contributed by atoms with van der Waals surface area (Å²) >= 11 is 0. The van der Waals surface area contributed by atoms with Crippen LogP contribution in [-0.2, 0) is 6.42 Å². The minimum absolute atomic E-state index is 0.0478. The average Bonchev–Trinajstić information content (AvgIpc) is 2.21. The third-order valence-corrected chi connectivity index (χ3v) is 2.55. The van der Waals surface area contributed by atoms with Crippen LogP contribution in [0.4, 0.5) is 13.2 Å². The molecule has 1 aromatic rings. The van der Waals surface area contributed by atoms with Gasteiger partial charge in [-0.2, -0.15) is 0 Å². The summed E-state index contributed by atoms with van der Waals surface area (Å²) in [6, 6.07) is 5.92. The van der Waals surface area contributed by atoms with Crippen LogP contribution in [0.2, 0.25) is 0 Å². The van der Waals surface area contributed by atoms with Gasteiger partial charge in [0.15, 0.2) is 0 Å². The monoisotopic (exact) mass is 217 g/mol. The lowest BCUT2D eigenvalue weighted by Gasteiger charge is -2.27. The standard InChI is InChI=1S/C11H14F3N/c1-11(7-15,10(13)14)6-8-4-2-3-5-9(8)12/h2-5,10H,6-7,15H2,1H3. The molecule has 84 valence electrons. The van der Waals surface area contributed by atoms with Crippen LogP contribution in [0.15, 0.2) is 24.3 Å². The first-order valence-electron chi connectivity index (χ1n) is 4.71. The van der Waals surface area contributed by atoms with Gasteiger partial charge in [0.1, 0.15) is 5.82 Å². The topological polar surface area (TPSA) is 26.0 Å². The second-order valence-electron chi connectivity index (χ2n) is 3.93. The fourth-order valence-corrected chi connectivity index (χ4v) is 1.32. The number of hydrogen-bond donors (Lipinski definition) is 1. The number of halogens is 3. The third kappa shape index (κ3) is 2.72. The first-order valence-corrected chi connectivity index (χ1v) is 4.71. The van der Waals surface area contributed by atoms with Gasteiger partial charge >= 0.3 is 0 Å². The van der Waals surface area contributed by atoms with Gasteiger partial charge in [0.05, 0.1) is 0 Å². The molecule has 2 N–H and O–H groups in total.